The molecular weight excluding hydrogens is 332 g/mol. The maximum atomic E-state index is 12.3. The van der Waals surface area contributed by atoms with E-state index in [1.807, 2.05) is 27.0 Å². The zero-order valence-electron chi connectivity index (χ0n) is 14.8. The third-order valence-corrected chi connectivity index (χ3v) is 4.39. The number of hydrogen-bond acceptors (Lipinski definition) is 5. The summed E-state index contributed by atoms with van der Waals surface area (Å²) >= 11 is 1.55. The van der Waals surface area contributed by atoms with Crippen molar-refractivity contribution in [2.24, 2.45) is 5.92 Å². The second kappa shape index (κ2) is 9.15. The lowest BCUT2D eigenvalue weighted by molar-refractivity contribution is -0.142. The molecule has 0 aromatic heterocycles. The van der Waals surface area contributed by atoms with E-state index in [1.54, 1.807) is 16.7 Å². The van der Waals surface area contributed by atoms with Gasteiger partial charge < -0.3 is 20.1 Å². The highest BCUT2D eigenvalue weighted by Gasteiger charge is 2.31. The predicted molar refractivity (Wildman–Crippen MR) is 93.1 cm³/mol. The van der Waals surface area contributed by atoms with E-state index in [4.69, 9.17) is 4.74 Å². The summed E-state index contributed by atoms with van der Waals surface area (Å²) in [5, 5.41) is 11.8. The van der Waals surface area contributed by atoms with E-state index in [-0.39, 0.29) is 17.9 Å². The Hall–Kier alpha value is -1.44. The van der Waals surface area contributed by atoms with Crippen molar-refractivity contribution in [3.05, 3.63) is 0 Å². The number of thioether (sulfide) groups is 1. The summed E-state index contributed by atoms with van der Waals surface area (Å²) in [7, 11) is 0. The Bertz CT molecular complexity index is 456. The molecule has 1 fully saturated rings. The number of likely N-dealkylation sites (tertiary alicyclic amines) is 1. The molecule has 0 aromatic rings. The van der Waals surface area contributed by atoms with Crippen molar-refractivity contribution in [1.82, 2.24) is 10.2 Å². The second-order valence-electron chi connectivity index (χ2n) is 6.92. The molecule has 8 heteroatoms. The van der Waals surface area contributed by atoms with Gasteiger partial charge in [0.15, 0.2) is 0 Å². The molecule has 2 N–H and O–H groups in total. The van der Waals surface area contributed by atoms with E-state index in [0.29, 0.717) is 38.1 Å². The molecule has 0 bridgehead atoms. The highest BCUT2D eigenvalue weighted by Crippen LogP contribution is 2.20. The first-order chi connectivity index (χ1) is 11.1. The van der Waals surface area contributed by atoms with E-state index in [2.05, 4.69) is 5.32 Å². The van der Waals surface area contributed by atoms with Gasteiger partial charge in [0.1, 0.15) is 11.6 Å². The van der Waals surface area contributed by atoms with Gasteiger partial charge in [0.25, 0.3) is 0 Å². The topological polar surface area (TPSA) is 95.9 Å². The highest BCUT2D eigenvalue weighted by atomic mass is 32.2. The van der Waals surface area contributed by atoms with E-state index >= 15 is 0 Å². The number of ether oxygens (including phenoxy) is 1. The number of aliphatic carboxylic acids is 1. The lowest BCUT2D eigenvalue weighted by atomic mass is 9.95. The monoisotopic (exact) mass is 360 g/mol. The lowest BCUT2D eigenvalue weighted by Crippen LogP contribution is -2.48. The summed E-state index contributed by atoms with van der Waals surface area (Å²) in [6.07, 6.45) is 2.95. The van der Waals surface area contributed by atoms with Gasteiger partial charge in [-0.05, 0) is 52.0 Å². The van der Waals surface area contributed by atoms with Gasteiger partial charge in [0.05, 0.1) is 0 Å². The van der Waals surface area contributed by atoms with Gasteiger partial charge in [-0.15, -0.1) is 0 Å². The Kier molecular flexibility index (Phi) is 7.86. The smallest absolute Gasteiger partial charge is 0.410 e. The van der Waals surface area contributed by atoms with Crippen LogP contribution in [0.25, 0.3) is 0 Å². The third kappa shape index (κ3) is 6.98. The molecule has 138 valence electrons. The summed E-state index contributed by atoms with van der Waals surface area (Å²) < 4.78 is 5.32. The number of nitrogens with one attached hydrogen (secondary N) is 1. The number of carbonyl (C=O) groups excluding carboxylic acids is 2. The maximum absolute atomic E-state index is 12.3. The minimum Gasteiger partial charge on any atom is -0.480 e. The number of carboxylic acids is 1. The fourth-order valence-corrected chi connectivity index (χ4v) is 2.90. The third-order valence-electron chi connectivity index (χ3n) is 3.74. The quantitative estimate of drug-likeness (QED) is 0.752. The van der Waals surface area contributed by atoms with Crippen LogP contribution in [0.15, 0.2) is 0 Å². The second-order valence-corrected chi connectivity index (χ2v) is 7.91. The SMILES string of the molecule is CSCC[C@H](NC(=O)C1CCN(C(=O)OC(C)(C)C)CC1)C(=O)O. The van der Waals surface area contributed by atoms with Gasteiger partial charge in [0.2, 0.25) is 5.91 Å². The molecule has 7 nitrogen and oxygen atoms in total. The number of carbonyl (C=O) groups is 3. The van der Waals surface area contributed by atoms with Crippen molar-refractivity contribution in [2.75, 3.05) is 25.1 Å². The molecule has 0 aliphatic carbocycles. The normalized spacial score (nSPS) is 17.2. The van der Waals surface area contributed by atoms with Gasteiger partial charge in [-0.2, -0.15) is 11.8 Å². The zero-order chi connectivity index (χ0) is 18.3. The lowest BCUT2D eigenvalue weighted by Gasteiger charge is -2.33. The molecule has 1 aliphatic rings. The van der Waals surface area contributed by atoms with Crippen LogP contribution in [0.2, 0.25) is 0 Å². The summed E-state index contributed by atoms with van der Waals surface area (Å²) in [5.41, 5.74) is -0.544. The maximum Gasteiger partial charge on any atom is 0.410 e. The molecule has 2 amide bonds. The molecule has 0 aromatic carbocycles. The van der Waals surface area contributed by atoms with Crippen molar-refractivity contribution < 1.29 is 24.2 Å². The van der Waals surface area contributed by atoms with E-state index in [9.17, 15) is 19.5 Å². The van der Waals surface area contributed by atoms with Crippen molar-refractivity contribution in [1.29, 1.82) is 0 Å². The van der Waals surface area contributed by atoms with Crippen LogP contribution in [0.3, 0.4) is 0 Å². The Balaban J connectivity index is 2.47. The first-order valence-electron chi connectivity index (χ1n) is 8.14. The molecule has 1 atom stereocenters. The average molecular weight is 360 g/mol. The standard InChI is InChI=1S/C16H28N2O5S/c1-16(2,3)23-15(22)18-8-5-11(6-9-18)13(19)17-12(14(20)21)7-10-24-4/h11-12H,5-10H2,1-4H3,(H,17,19)(H,20,21)/t12-/m0/s1. The highest BCUT2D eigenvalue weighted by molar-refractivity contribution is 7.98. The minimum atomic E-state index is -1.01. The van der Waals surface area contributed by atoms with Gasteiger partial charge in [-0.25, -0.2) is 9.59 Å². The number of piperidine rings is 1. The van der Waals surface area contributed by atoms with E-state index in [1.165, 1.54) is 0 Å². The molecule has 1 saturated heterocycles. The van der Waals surface area contributed by atoms with Crippen LogP contribution in [0.5, 0.6) is 0 Å². The number of carboxylic acid groups (broad SMARTS) is 1. The molecule has 0 radical (unpaired) electrons. The first kappa shape index (κ1) is 20.6. The summed E-state index contributed by atoms with van der Waals surface area (Å²) in [4.78, 5) is 37.1. The van der Waals surface area contributed by atoms with Gasteiger partial charge >= 0.3 is 12.1 Å². The van der Waals surface area contributed by atoms with Crippen LogP contribution in [-0.2, 0) is 14.3 Å². The number of amides is 2. The number of rotatable bonds is 6. The van der Waals surface area contributed by atoms with Gasteiger partial charge in [-0.3, -0.25) is 4.79 Å². The molecule has 24 heavy (non-hydrogen) atoms. The molecule has 0 spiro atoms. The van der Waals surface area contributed by atoms with Crippen LogP contribution in [0, 0.1) is 5.92 Å². The number of nitrogens with zero attached hydrogens (tertiary/aromatic N) is 1. The van der Waals surface area contributed by atoms with Crippen LogP contribution in [0.1, 0.15) is 40.0 Å². The van der Waals surface area contributed by atoms with Crippen molar-refractivity contribution >= 4 is 29.7 Å². The summed E-state index contributed by atoms with van der Waals surface area (Å²) in [5.74, 6) is -0.843. The minimum absolute atomic E-state index is 0.243. The molecule has 0 unspecified atom stereocenters. The fourth-order valence-electron chi connectivity index (χ4n) is 2.43. The molecule has 1 rings (SSSR count). The van der Waals surface area contributed by atoms with Crippen LogP contribution < -0.4 is 5.32 Å². The zero-order valence-corrected chi connectivity index (χ0v) is 15.6. The van der Waals surface area contributed by atoms with Crippen LogP contribution in [-0.4, -0.2) is 64.7 Å². The molecular formula is C16H28N2O5S. The van der Waals surface area contributed by atoms with Gasteiger partial charge in [-0.1, -0.05) is 0 Å². The molecule has 0 saturated carbocycles. The van der Waals surface area contributed by atoms with Crippen LogP contribution in [0.4, 0.5) is 4.79 Å². The largest absolute Gasteiger partial charge is 0.480 e. The van der Waals surface area contributed by atoms with Crippen molar-refractivity contribution in [3.8, 4) is 0 Å². The predicted octanol–water partition coefficient (Wildman–Crippen LogP) is 1.96. The van der Waals surface area contributed by atoms with Crippen molar-refractivity contribution in [2.45, 2.75) is 51.7 Å². The summed E-state index contributed by atoms with van der Waals surface area (Å²) in [6.45, 7) is 6.31. The fraction of sp³-hybridized carbons (Fsp3) is 0.812. The van der Waals surface area contributed by atoms with Gasteiger partial charge in [0, 0.05) is 19.0 Å². The van der Waals surface area contributed by atoms with Crippen molar-refractivity contribution in [3.63, 3.8) is 0 Å². The first-order valence-corrected chi connectivity index (χ1v) is 9.53. The Morgan fingerprint density at radius 2 is 1.88 bits per heavy atom. The summed E-state index contributed by atoms with van der Waals surface area (Å²) in [6, 6.07) is -0.853. The Labute approximate surface area is 147 Å². The van der Waals surface area contributed by atoms with Crippen LogP contribution >= 0.6 is 11.8 Å². The molecule has 1 aliphatic heterocycles. The number of hydrogen-bond donors (Lipinski definition) is 2. The molecule has 1 heterocycles. The van der Waals surface area contributed by atoms with E-state index in [0.717, 1.165) is 0 Å². The van der Waals surface area contributed by atoms with E-state index < -0.39 is 17.6 Å². The Morgan fingerprint density at radius 3 is 2.33 bits per heavy atom. The average Bonchev–Trinajstić information content (AvgIpc) is 2.49. The Morgan fingerprint density at radius 1 is 1.29 bits per heavy atom.